The summed E-state index contributed by atoms with van der Waals surface area (Å²) >= 11 is 6.10. The minimum absolute atomic E-state index is 0.260. The summed E-state index contributed by atoms with van der Waals surface area (Å²) in [5, 5.41) is 3.38. The number of methoxy groups -OCH3 is 1. The van der Waals surface area contributed by atoms with Gasteiger partial charge in [0.1, 0.15) is 5.75 Å². The predicted octanol–water partition coefficient (Wildman–Crippen LogP) is 3.69. The van der Waals surface area contributed by atoms with Crippen LogP contribution in [0.3, 0.4) is 0 Å². The second-order valence-corrected chi connectivity index (χ2v) is 6.25. The molecule has 1 atom stereocenters. The fraction of sp³-hybridized carbons (Fsp3) is 0.263. The molecule has 6 heteroatoms. The van der Waals surface area contributed by atoms with E-state index in [1.165, 1.54) is 7.11 Å². The van der Waals surface area contributed by atoms with E-state index in [9.17, 15) is 9.59 Å². The molecule has 3 rings (SSSR count). The molecule has 0 fully saturated rings. The molecule has 0 radical (unpaired) electrons. The van der Waals surface area contributed by atoms with Crippen LogP contribution in [0.5, 0.6) is 5.75 Å². The molecule has 0 aromatic heterocycles. The van der Waals surface area contributed by atoms with Crippen molar-refractivity contribution in [1.29, 1.82) is 0 Å². The summed E-state index contributed by atoms with van der Waals surface area (Å²) in [5.74, 6) is 0.0144. The van der Waals surface area contributed by atoms with Gasteiger partial charge in [0.05, 0.1) is 35.9 Å². The largest absolute Gasteiger partial charge is 0.493 e. The number of aryl methyl sites for hydroxylation is 1. The summed E-state index contributed by atoms with van der Waals surface area (Å²) in [6, 6.07) is 10.1. The highest BCUT2D eigenvalue weighted by molar-refractivity contribution is 6.33. The van der Waals surface area contributed by atoms with Crippen LogP contribution in [0.1, 0.15) is 44.3 Å². The first-order chi connectivity index (χ1) is 12.0. The van der Waals surface area contributed by atoms with Gasteiger partial charge < -0.3 is 14.8 Å². The van der Waals surface area contributed by atoms with Gasteiger partial charge in [-0.05, 0) is 36.8 Å². The van der Waals surface area contributed by atoms with Crippen LogP contribution in [0.4, 0.5) is 0 Å². The minimum atomic E-state index is -0.423. The molecule has 1 unspecified atom stereocenters. The summed E-state index contributed by atoms with van der Waals surface area (Å²) < 4.78 is 10.5. The highest BCUT2D eigenvalue weighted by Gasteiger charge is 2.27. The van der Waals surface area contributed by atoms with E-state index in [1.54, 1.807) is 36.4 Å². The fourth-order valence-corrected chi connectivity index (χ4v) is 3.18. The Hall–Kier alpha value is -2.53. The third-order valence-electron chi connectivity index (χ3n) is 4.18. The number of hydrogen-bond acceptors (Lipinski definition) is 4. The Morgan fingerprint density at radius 1 is 1.28 bits per heavy atom. The Morgan fingerprint density at radius 3 is 2.76 bits per heavy atom. The van der Waals surface area contributed by atoms with Crippen molar-refractivity contribution in [1.82, 2.24) is 5.32 Å². The van der Waals surface area contributed by atoms with Gasteiger partial charge >= 0.3 is 5.97 Å². The number of hydrogen-bond donors (Lipinski definition) is 1. The van der Waals surface area contributed by atoms with Crippen molar-refractivity contribution in [2.45, 2.75) is 19.4 Å². The number of halogens is 1. The normalized spacial score (nSPS) is 15.7. The van der Waals surface area contributed by atoms with E-state index in [1.807, 2.05) is 6.92 Å². The number of fused-ring (bicyclic) bond motifs is 1. The van der Waals surface area contributed by atoms with Gasteiger partial charge in [-0.2, -0.15) is 0 Å². The average Bonchev–Trinajstić information content (AvgIpc) is 2.61. The van der Waals surface area contributed by atoms with Crippen LogP contribution < -0.4 is 10.1 Å². The van der Waals surface area contributed by atoms with Crippen molar-refractivity contribution in [3.05, 3.63) is 63.7 Å². The maximum atomic E-state index is 12.6. The van der Waals surface area contributed by atoms with E-state index in [2.05, 4.69) is 5.32 Å². The Bertz CT molecular complexity index is 834. The lowest BCUT2D eigenvalue weighted by Crippen LogP contribution is -2.32. The first kappa shape index (κ1) is 17.3. The van der Waals surface area contributed by atoms with E-state index < -0.39 is 5.97 Å². The van der Waals surface area contributed by atoms with Gasteiger partial charge in [0.15, 0.2) is 0 Å². The predicted molar refractivity (Wildman–Crippen MR) is 94.3 cm³/mol. The zero-order valence-electron chi connectivity index (χ0n) is 14.0. The average molecular weight is 360 g/mol. The fourth-order valence-electron chi connectivity index (χ4n) is 2.96. The van der Waals surface area contributed by atoms with Gasteiger partial charge in [0.25, 0.3) is 5.91 Å². The van der Waals surface area contributed by atoms with E-state index >= 15 is 0 Å². The van der Waals surface area contributed by atoms with E-state index in [0.29, 0.717) is 34.9 Å². The van der Waals surface area contributed by atoms with Crippen molar-refractivity contribution < 1.29 is 19.1 Å². The van der Waals surface area contributed by atoms with E-state index in [0.717, 1.165) is 11.1 Å². The van der Waals surface area contributed by atoms with Gasteiger partial charge in [-0.15, -0.1) is 0 Å². The Labute approximate surface area is 150 Å². The SMILES string of the molecule is COC(=O)c1cc(C)c2c(c1)C(NC(=O)c1ccccc1Cl)CCO2. The number of amides is 1. The summed E-state index contributed by atoms with van der Waals surface area (Å²) in [5.41, 5.74) is 2.45. The van der Waals surface area contributed by atoms with Crippen molar-refractivity contribution in [2.75, 3.05) is 13.7 Å². The van der Waals surface area contributed by atoms with Gasteiger partial charge in [0, 0.05) is 12.0 Å². The molecule has 1 N–H and O–H groups in total. The molecule has 1 aliphatic heterocycles. The zero-order valence-corrected chi connectivity index (χ0v) is 14.7. The van der Waals surface area contributed by atoms with Gasteiger partial charge in [0.2, 0.25) is 0 Å². The number of rotatable bonds is 3. The van der Waals surface area contributed by atoms with Crippen LogP contribution in [-0.4, -0.2) is 25.6 Å². The number of carbonyl (C=O) groups excluding carboxylic acids is 2. The molecule has 0 spiro atoms. The smallest absolute Gasteiger partial charge is 0.337 e. The Kier molecular flexibility index (Phi) is 4.95. The molecule has 0 saturated heterocycles. The molecule has 1 heterocycles. The third-order valence-corrected chi connectivity index (χ3v) is 4.51. The molecule has 5 nitrogen and oxygen atoms in total. The summed E-state index contributed by atoms with van der Waals surface area (Å²) in [4.78, 5) is 24.5. The lowest BCUT2D eigenvalue weighted by Gasteiger charge is -2.28. The second-order valence-electron chi connectivity index (χ2n) is 5.85. The lowest BCUT2D eigenvalue weighted by atomic mass is 9.95. The topological polar surface area (TPSA) is 64.6 Å². The van der Waals surface area contributed by atoms with Gasteiger partial charge in [-0.3, -0.25) is 4.79 Å². The Balaban J connectivity index is 1.93. The summed E-state index contributed by atoms with van der Waals surface area (Å²) in [7, 11) is 1.34. The highest BCUT2D eigenvalue weighted by atomic mass is 35.5. The van der Waals surface area contributed by atoms with Crippen LogP contribution in [-0.2, 0) is 4.74 Å². The van der Waals surface area contributed by atoms with E-state index in [4.69, 9.17) is 21.1 Å². The van der Waals surface area contributed by atoms with E-state index in [-0.39, 0.29) is 11.9 Å². The zero-order chi connectivity index (χ0) is 18.0. The molecule has 2 aromatic carbocycles. The molecular formula is C19H18ClNO4. The summed E-state index contributed by atoms with van der Waals surface area (Å²) in [6.45, 7) is 2.35. The molecule has 1 aliphatic rings. The molecule has 0 bridgehead atoms. The van der Waals surface area contributed by atoms with Crippen LogP contribution >= 0.6 is 11.6 Å². The molecule has 25 heavy (non-hydrogen) atoms. The van der Waals surface area contributed by atoms with Crippen LogP contribution in [0.2, 0.25) is 5.02 Å². The minimum Gasteiger partial charge on any atom is -0.493 e. The lowest BCUT2D eigenvalue weighted by molar-refractivity contribution is 0.0600. The van der Waals surface area contributed by atoms with Crippen LogP contribution in [0, 0.1) is 6.92 Å². The molecule has 130 valence electrons. The van der Waals surface area contributed by atoms with Crippen molar-refractivity contribution in [3.8, 4) is 5.75 Å². The molecule has 0 saturated carbocycles. The van der Waals surface area contributed by atoms with Crippen molar-refractivity contribution >= 4 is 23.5 Å². The maximum Gasteiger partial charge on any atom is 0.337 e. The number of nitrogens with one attached hydrogen (secondary N) is 1. The first-order valence-electron chi connectivity index (χ1n) is 7.92. The number of ether oxygens (including phenoxy) is 2. The number of benzene rings is 2. The highest BCUT2D eigenvalue weighted by Crippen LogP contribution is 2.36. The summed E-state index contributed by atoms with van der Waals surface area (Å²) in [6.07, 6.45) is 0.604. The third kappa shape index (κ3) is 3.46. The number of esters is 1. The van der Waals surface area contributed by atoms with Crippen molar-refractivity contribution in [2.24, 2.45) is 0 Å². The quantitative estimate of drug-likeness (QED) is 0.849. The van der Waals surface area contributed by atoms with Gasteiger partial charge in [-0.25, -0.2) is 4.79 Å². The molecule has 2 aromatic rings. The molecule has 0 aliphatic carbocycles. The monoisotopic (exact) mass is 359 g/mol. The standard InChI is InChI=1S/C19H18ClNO4/c1-11-9-12(19(23)24-2)10-14-16(7-8-25-17(11)14)21-18(22)13-5-3-4-6-15(13)20/h3-6,9-10,16H,7-8H2,1-2H3,(H,21,22). The van der Waals surface area contributed by atoms with Crippen molar-refractivity contribution in [3.63, 3.8) is 0 Å². The first-order valence-corrected chi connectivity index (χ1v) is 8.30. The van der Waals surface area contributed by atoms with Crippen LogP contribution in [0.25, 0.3) is 0 Å². The molecule has 1 amide bonds. The Morgan fingerprint density at radius 2 is 2.04 bits per heavy atom. The number of carbonyl (C=O) groups is 2. The van der Waals surface area contributed by atoms with Crippen LogP contribution in [0.15, 0.2) is 36.4 Å². The van der Waals surface area contributed by atoms with Gasteiger partial charge in [-0.1, -0.05) is 23.7 Å². The molecular weight excluding hydrogens is 342 g/mol. The maximum absolute atomic E-state index is 12.6. The second kappa shape index (κ2) is 7.15.